The van der Waals surface area contributed by atoms with Crippen molar-refractivity contribution in [3.8, 4) is 0 Å². The third-order valence-corrected chi connectivity index (χ3v) is 3.59. The maximum Gasteiger partial charge on any atom is 0.0243 e. The normalized spacial score (nSPS) is 35.3. The zero-order valence-corrected chi connectivity index (χ0v) is 8.92. The molecule has 1 aliphatic heterocycles. The minimum absolute atomic E-state index is 0.786. The lowest BCUT2D eigenvalue weighted by molar-refractivity contribution is 0.156. The van der Waals surface area contributed by atoms with Crippen LogP contribution in [-0.4, -0.2) is 38.1 Å². The monoisotopic (exact) mass is 182 g/mol. The van der Waals surface area contributed by atoms with Crippen LogP contribution in [0.5, 0.6) is 0 Å². The lowest BCUT2D eigenvalue weighted by atomic mass is 9.87. The summed E-state index contributed by atoms with van der Waals surface area (Å²) in [7, 11) is 4.44. The zero-order valence-electron chi connectivity index (χ0n) is 8.92. The van der Waals surface area contributed by atoms with Crippen molar-refractivity contribution < 1.29 is 0 Å². The van der Waals surface area contributed by atoms with Crippen molar-refractivity contribution >= 4 is 0 Å². The molecule has 1 saturated carbocycles. The number of hydrogen-bond acceptors (Lipinski definition) is 2. The second-order valence-electron chi connectivity index (χ2n) is 4.96. The van der Waals surface area contributed by atoms with Gasteiger partial charge in [0.1, 0.15) is 0 Å². The molecular weight excluding hydrogens is 160 g/mol. The highest BCUT2D eigenvalue weighted by molar-refractivity contribution is 4.87. The fraction of sp³-hybridized carbons (Fsp3) is 1.00. The van der Waals surface area contributed by atoms with E-state index in [1.54, 1.807) is 0 Å². The van der Waals surface area contributed by atoms with Crippen molar-refractivity contribution in [1.82, 2.24) is 10.2 Å². The van der Waals surface area contributed by atoms with E-state index in [1.807, 2.05) is 0 Å². The van der Waals surface area contributed by atoms with Gasteiger partial charge in [-0.05, 0) is 45.3 Å². The number of nitrogens with zero attached hydrogens (tertiary/aromatic N) is 1. The van der Waals surface area contributed by atoms with Crippen LogP contribution in [-0.2, 0) is 0 Å². The predicted molar refractivity (Wildman–Crippen MR) is 55.8 cm³/mol. The number of hydrogen-bond donors (Lipinski definition) is 1. The number of piperidine rings is 1. The van der Waals surface area contributed by atoms with E-state index in [-0.39, 0.29) is 0 Å². The summed E-state index contributed by atoms with van der Waals surface area (Å²) in [6, 6.07) is 0.786. The third-order valence-electron chi connectivity index (χ3n) is 3.59. The lowest BCUT2D eigenvalue weighted by Gasteiger charge is -2.36. The van der Waals surface area contributed by atoms with Gasteiger partial charge in [0, 0.05) is 12.6 Å². The highest BCUT2D eigenvalue weighted by Crippen LogP contribution is 2.38. The number of rotatable bonds is 3. The van der Waals surface area contributed by atoms with Crippen LogP contribution in [0, 0.1) is 11.8 Å². The smallest absolute Gasteiger partial charge is 0.0243 e. The zero-order chi connectivity index (χ0) is 9.26. The van der Waals surface area contributed by atoms with Gasteiger partial charge < -0.3 is 10.2 Å². The van der Waals surface area contributed by atoms with Gasteiger partial charge in [-0.1, -0.05) is 12.8 Å². The molecule has 2 rings (SSSR count). The molecule has 1 N–H and O–H groups in total. The Balaban J connectivity index is 1.87. The minimum atomic E-state index is 0.786. The molecule has 0 radical (unpaired) electrons. The Labute approximate surface area is 81.7 Å². The Morgan fingerprint density at radius 3 is 2.62 bits per heavy atom. The van der Waals surface area contributed by atoms with Crippen molar-refractivity contribution in [1.29, 1.82) is 0 Å². The molecule has 2 unspecified atom stereocenters. The average Bonchev–Trinajstić information content (AvgIpc) is 2.89. The van der Waals surface area contributed by atoms with E-state index >= 15 is 0 Å². The highest BCUT2D eigenvalue weighted by atomic mass is 15.1. The molecule has 1 saturated heterocycles. The van der Waals surface area contributed by atoms with E-state index < -0.39 is 0 Å². The quantitative estimate of drug-likeness (QED) is 0.708. The molecule has 1 aliphatic carbocycles. The number of nitrogens with one attached hydrogen (secondary N) is 1. The predicted octanol–water partition coefficient (Wildman–Crippen LogP) is 1.33. The van der Waals surface area contributed by atoms with Crippen LogP contribution < -0.4 is 5.32 Å². The van der Waals surface area contributed by atoms with Gasteiger partial charge in [-0.2, -0.15) is 0 Å². The molecular formula is C11H22N2. The first-order chi connectivity index (χ1) is 6.27. The standard InChI is InChI=1S/C11H22N2/c1-13(2)11-8-12-6-5-10(11)7-9-3-4-9/h9-12H,3-8H2,1-2H3. The van der Waals surface area contributed by atoms with Crippen LogP contribution in [0.1, 0.15) is 25.7 Å². The molecule has 2 nitrogen and oxygen atoms in total. The Morgan fingerprint density at radius 1 is 1.23 bits per heavy atom. The summed E-state index contributed by atoms with van der Waals surface area (Å²) in [6.45, 7) is 2.44. The molecule has 0 bridgehead atoms. The molecule has 0 aromatic carbocycles. The van der Waals surface area contributed by atoms with Gasteiger partial charge in [-0.15, -0.1) is 0 Å². The summed E-state index contributed by atoms with van der Waals surface area (Å²) >= 11 is 0. The van der Waals surface area contributed by atoms with Crippen molar-refractivity contribution in [2.45, 2.75) is 31.7 Å². The summed E-state index contributed by atoms with van der Waals surface area (Å²) in [6.07, 6.45) is 5.89. The molecule has 13 heavy (non-hydrogen) atoms. The maximum atomic E-state index is 3.50. The van der Waals surface area contributed by atoms with Crippen molar-refractivity contribution in [3.63, 3.8) is 0 Å². The number of likely N-dealkylation sites (N-methyl/N-ethyl adjacent to an activating group) is 1. The van der Waals surface area contributed by atoms with Crippen LogP contribution in [0.15, 0.2) is 0 Å². The van der Waals surface area contributed by atoms with Gasteiger partial charge in [0.15, 0.2) is 0 Å². The van der Waals surface area contributed by atoms with Crippen LogP contribution in [0.3, 0.4) is 0 Å². The first-order valence-corrected chi connectivity index (χ1v) is 5.64. The van der Waals surface area contributed by atoms with Crippen molar-refractivity contribution in [2.24, 2.45) is 11.8 Å². The molecule has 0 spiro atoms. The molecule has 2 aliphatic rings. The van der Waals surface area contributed by atoms with Crippen LogP contribution >= 0.6 is 0 Å². The highest BCUT2D eigenvalue weighted by Gasteiger charge is 2.32. The molecule has 0 aromatic heterocycles. The Morgan fingerprint density at radius 2 is 2.00 bits per heavy atom. The van der Waals surface area contributed by atoms with Gasteiger partial charge in [0.2, 0.25) is 0 Å². The molecule has 2 atom stereocenters. The van der Waals surface area contributed by atoms with E-state index in [9.17, 15) is 0 Å². The topological polar surface area (TPSA) is 15.3 Å². The lowest BCUT2D eigenvalue weighted by Crippen LogP contribution is -2.48. The molecule has 0 aromatic rings. The van der Waals surface area contributed by atoms with E-state index in [0.29, 0.717) is 0 Å². The molecule has 2 heteroatoms. The van der Waals surface area contributed by atoms with E-state index in [1.165, 1.54) is 38.8 Å². The Hall–Kier alpha value is -0.0800. The van der Waals surface area contributed by atoms with Crippen LogP contribution in [0.2, 0.25) is 0 Å². The molecule has 2 fully saturated rings. The van der Waals surface area contributed by atoms with Crippen LogP contribution in [0.25, 0.3) is 0 Å². The van der Waals surface area contributed by atoms with Crippen LogP contribution in [0.4, 0.5) is 0 Å². The maximum absolute atomic E-state index is 3.50. The second kappa shape index (κ2) is 3.97. The molecule has 0 amide bonds. The SMILES string of the molecule is CN(C)C1CNCCC1CC1CC1. The Bertz CT molecular complexity index is 163. The van der Waals surface area contributed by atoms with Gasteiger partial charge in [0.25, 0.3) is 0 Å². The molecule has 76 valence electrons. The van der Waals surface area contributed by atoms with Gasteiger partial charge in [-0.3, -0.25) is 0 Å². The first-order valence-electron chi connectivity index (χ1n) is 5.64. The van der Waals surface area contributed by atoms with Gasteiger partial charge in [0.05, 0.1) is 0 Å². The third kappa shape index (κ3) is 2.44. The largest absolute Gasteiger partial charge is 0.315 e. The summed E-state index contributed by atoms with van der Waals surface area (Å²) in [4.78, 5) is 2.40. The average molecular weight is 182 g/mol. The minimum Gasteiger partial charge on any atom is -0.315 e. The first kappa shape index (κ1) is 9.47. The molecule has 1 heterocycles. The van der Waals surface area contributed by atoms with Crippen molar-refractivity contribution in [3.05, 3.63) is 0 Å². The van der Waals surface area contributed by atoms with Gasteiger partial charge in [-0.25, -0.2) is 0 Å². The fourth-order valence-electron chi connectivity index (χ4n) is 2.56. The van der Waals surface area contributed by atoms with Gasteiger partial charge >= 0.3 is 0 Å². The van der Waals surface area contributed by atoms with E-state index in [2.05, 4.69) is 24.3 Å². The van der Waals surface area contributed by atoms with Crippen molar-refractivity contribution in [2.75, 3.05) is 27.2 Å². The summed E-state index contributed by atoms with van der Waals surface area (Å²) < 4.78 is 0. The van der Waals surface area contributed by atoms with E-state index in [4.69, 9.17) is 0 Å². The summed E-state index contributed by atoms with van der Waals surface area (Å²) in [5.41, 5.74) is 0. The summed E-state index contributed by atoms with van der Waals surface area (Å²) in [5.74, 6) is 2.05. The summed E-state index contributed by atoms with van der Waals surface area (Å²) in [5, 5.41) is 3.50. The van der Waals surface area contributed by atoms with E-state index in [0.717, 1.165) is 17.9 Å². The second-order valence-corrected chi connectivity index (χ2v) is 4.96. The Kier molecular flexibility index (Phi) is 2.89. The fourth-order valence-corrected chi connectivity index (χ4v) is 2.56.